The van der Waals surface area contributed by atoms with Crippen molar-refractivity contribution < 1.29 is 9.90 Å². The van der Waals surface area contributed by atoms with E-state index in [-0.39, 0.29) is 11.7 Å². The molecule has 5 nitrogen and oxygen atoms in total. The molecule has 0 aromatic heterocycles. The van der Waals surface area contributed by atoms with Crippen molar-refractivity contribution in [2.75, 3.05) is 6.67 Å². The van der Waals surface area contributed by atoms with Gasteiger partial charge in [0.05, 0.1) is 12.7 Å². The van der Waals surface area contributed by atoms with Gasteiger partial charge in [-0.3, -0.25) is 10.1 Å². The second-order valence-corrected chi connectivity index (χ2v) is 4.55. The number of phenolic OH excluding ortho intramolecular Hbond substituents is 1. The lowest BCUT2D eigenvalue weighted by Gasteiger charge is -2.14. The first-order valence-corrected chi connectivity index (χ1v) is 6.03. The molecule has 0 saturated heterocycles. The molecule has 1 amide bonds. The van der Waals surface area contributed by atoms with Crippen LogP contribution in [0.15, 0.2) is 24.3 Å². The maximum atomic E-state index is 11.7. The van der Waals surface area contributed by atoms with Gasteiger partial charge in [-0.1, -0.05) is 12.1 Å². The summed E-state index contributed by atoms with van der Waals surface area (Å²) in [7, 11) is 0. The van der Waals surface area contributed by atoms with Gasteiger partial charge < -0.3 is 16.2 Å². The molecule has 0 spiro atoms. The highest BCUT2D eigenvalue weighted by Gasteiger charge is 2.13. The van der Waals surface area contributed by atoms with Gasteiger partial charge in [0.15, 0.2) is 0 Å². The molecular weight excluding hydrogens is 230 g/mol. The number of hydrogen-bond donors (Lipinski definition) is 4. The van der Waals surface area contributed by atoms with E-state index in [1.54, 1.807) is 24.3 Å². The van der Waals surface area contributed by atoms with Gasteiger partial charge in [0.2, 0.25) is 5.91 Å². The van der Waals surface area contributed by atoms with E-state index in [1.807, 2.05) is 13.8 Å². The lowest BCUT2D eigenvalue weighted by atomic mass is 10.1. The van der Waals surface area contributed by atoms with Gasteiger partial charge in [-0.25, -0.2) is 0 Å². The molecule has 5 heteroatoms. The van der Waals surface area contributed by atoms with E-state index in [4.69, 9.17) is 10.8 Å². The molecule has 0 saturated carbocycles. The summed E-state index contributed by atoms with van der Waals surface area (Å²) in [5.74, 6) is 0.0223. The van der Waals surface area contributed by atoms with Crippen molar-refractivity contribution in [1.82, 2.24) is 10.6 Å². The quantitative estimate of drug-likeness (QED) is 0.549. The number of nitrogens with one attached hydrogen (secondary N) is 2. The minimum absolute atomic E-state index is 0.184. The van der Waals surface area contributed by atoms with Crippen LogP contribution in [0.1, 0.15) is 19.4 Å². The zero-order chi connectivity index (χ0) is 13.5. The molecule has 1 atom stereocenters. The number of carbonyl (C=O) groups excluding carboxylic acids is 1. The first kappa shape index (κ1) is 14.5. The second kappa shape index (κ2) is 6.98. The Morgan fingerprint density at radius 1 is 1.33 bits per heavy atom. The van der Waals surface area contributed by atoms with Crippen LogP contribution >= 0.6 is 0 Å². The van der Waals surface area contributed by atoms with Gasteiger partial charge in [0.1, 0.15) is 5.75 Å². The zero-order valence-corrected chi connectivity index (χ0v) is 10.8. The van der Waals surface area contributed by atoms with E-state index in [0.717, 1.165) is 5.56 Å². The third-order valence-electron chi connectivity index (χ3n) is 2.50. The fourth-order valence-corrected chi connectivity index (χ4v) is 1.45. The van der Waals surface area contributed by atoms with E-state index in [9.17, 15) is 4.79 Å². The van der Waals surface area contributed by atoms with Crippen LogP contribution in [0, 0.1) is 0 Å². The number of hydrogen-bond acceptors (Lipinski definition) is 4. The molecule has 0 bridgehead atoms. The molecule has 100 valence electrons. The summed E-state index contributed by atoms with van der Waals surface area (Å²) in [5, 5.41) is 15.0. The van der Waals surface area contributed by atoms with Crippen LogP contribution < -0.4 is 16.4 Å². The highest BCUT2D eigenvalue weighted by molar-refractivity contribution is 5.81. The van der Waals surface area contributed by atoms with Crippen molar-refractivity contribution in [3.63, 3.8) is 0 Å². The first-order valence-electron chi connectivity index (χ1n) is 6.03. The molecule has 0 aliphatic rings. The summed E-state index contributed by atoms with van der Waals surface area (Å²) < 4.78 is 0. The lowest BCUT2D eigenvalue weighted by molar-refractivity contribution is -0.122. The van der Waals surface area contributed by atoms with Crippen molar-refractivity contribution in [3.8, 4) is 5.75 Å². The van der Waals surface area contributed by atoms with Gasteiger partial charge in [-0.2, -0.15) is 0 Å². The van der Waals surface area contributed by atoms with Gasteiger partial charge in [-0.05, 0) is 38.0 Å². The third-order valence-corrected chi connectivity index (χ3v) is 2.50. The number of benzene rings is 1. The molecule has 0 fully saturated rings. The van der Waals surface area contributed by atoms with Crippen LogP contribution in [-0.2, 0) is 11.2 Å². The molecule has 0 aliphatic carbocycles. The van der Waals surface area contributed by atoms with E-state index >= 15 is 0 Å². The van der Waals surface area contributed by atoms with E-state index in [0.29, 0.717) is 19.1 Å². The normalized spacial score (nSPS) is 12.4. The van der Waals surface area contributed by atoms with Crippen molar-refractivity contribution in [2.45, 2.75) is 32.4 Å². The minimum Gasteiger partial charge on any atom is -0.508 e. The molecular formula is C13H21N3O2. The predicted octanol–water partition coefficient (Wildman–Crippen LogP) is 0.334. The molecule has 0 unspecified atom stereocenters. The molecule has 1 aromatic rings. The van der Waals surface area contributed by atoms with Crippen molar-refractivity contribution in [3.05, 3.63) is 29.8 Å². The first-order chi connectivity index (χ1) is 8.49. The third kappa shape index (κ3) is 5.16. The average molecular weight is 251 g/mol. The molecule has 1 rings (SSSR count). The fourth-order valence-electron chi connectivity index (χ4n) is 1.45. The van der Waals surface area contributed by atoms with Crippen molar-refractivity contribution in [1.29, 1.82) is 0 Å². The maximum absolute atomic E-state index is 11.7. The summed E-state index contributed by atoms with van der Waals surface area (Å²) in [6.07, 6.45) is 0.452. The minimum atomic E-state index is -0.580. The molecule has 5 N–H and O–H groups in total. The predicted molar refractivity (Wildman–Crippen MR) is 71.1 cm³/mol. The monoisotopic (exact) mass is 251 g/mol. The number of aromatic hydroxyl groups is 1. The second-order valence-electron chi connectivity index (χ2n) is 4.55. The number of amides is 1. The Bertz CT molecular complexity index is 376. The highest BCUT2D eigenvalue weighted by atomic mass is 16.3. The average Bonchev–Trinajstić information content (AvgIpc) is 2.31. The van der Waals surface area contributed by atoms with Crippen LogP contribution in [0.5, 0.6) is 5.75 Å². The van der Waals surface area contributed by atoms with Gasteiger partial charge in [0, 0.05) is 6.04 Å². The fraction of sp³-hybridized carbons (Fsp3) is 0.462. The largest absolute Gasteiger partial charge is 0.508 e. The summed E-state index contributed by atoms with van der Waals surface area (Å²) >= 11 is 0. The summed E-state index contributed by atoms with van der Waals surface area (Å²) in [6, 6.07) is 6.42. The van der Waals surface area contributed by atoms with Crippen LogP contribution in [-0.4, -0.2) is 29.8 Å². The summed E-state index contributed by atoms with van der Waals surface area (Å²) in [5.41, 5.74) is 6.73. The SMILES string of the molecule is CC(C)NCNC(=O)[C@H](N)Cc1ccc(O)cc1. The van der Waals surface area contributed by atoms with Gasteiger partial charge in [-0.15, -0.1) is 0 Å². The Kier molecular flexibility index (Phi) is 5.61. The molecule has 0 radical (unpaired) electrons. The lowest BCUT2D eigenvalue weighted by Crippen LogP contribution is -2.46. The van der Waals surface area contributed by atoms with E-state index in [1.165, 1.54) is 0 Å². The molecule has 0 heterocycles. The van der Waals surface area contributed by atoms with Gasteiger partial charge >= 0.3 is 0 Å². The summed E-state index contributed by atoms with van der Waals surface area (Å²) in [4.78, 5) is 11.7. The number of rotatable bonds is 6. The Morgan fingerprint density at radius 3 is 2.50 bits per heavy atom. The van der Waals surface area contributed by atoms with Crippen molar-refractivity contribution >= 4 is 5.91 Å². The maximum Gasteiger partial charge on any atom is 0.238 e. The summed E-state index contributed by atoms with van der Waals surface area (Å²) in [6.45, 7) is 4.42. The highest BCUT2D eigenvalue weighted by Crippen LogP contribution is 2.10. The van der Waals surface area contributed by atoms with Crippen LogP contribution in [0.3, 0.4) is 0 Å². The number of carbonyl (C=O) groups is 1. The number of nitrogens with two attached hydrogens (primary N) is 1. The Hall–Kier alpha value is -1.59. The van der Waals surface area contributed by atoms with E-state index in [2.05, 4.69) is 10.6 Å². The molecule has 18 heavy (non-hydrogen) atoms. The Morgan fingerprint density at radius 2 is 1.94 bits per heavy atom. The Labute approximate surface area is 107 Å². The smallest absolute Gasteiger partial charge is 0.238 e. The molecule has 1 aromatic carbocycles. The van der Waals surface area contributed by atoms with Crippen LogP contribution in [0.4, 0.5) is 0 Å². The van der Waals surface area contributed by atoms with Gasteiger partial charge in [0.25, 0.3) is 0 Å². The zero-order valence-electron chi connectivity index (χ0n) is 10.8. The Balaban J connectivity index is 2.37. The molecule has 0 aliphatic heterocycles. The van der Waals surface area contributed by atoms with Crippen LogP contribution in [0.2, 0.25) is 0 Å². The van der Waals surface area contributed by atoms with Crippen molar-refractivity contribution in [2.24, 2.45) is 5.73 Å². The van der Waals surface area contributed by atoms with Crippen LogP contribution in [0.25, 0.3) is 0 Å². The topological polar surface area (TPSA) is 87.4 Å². The van der Waals surface area contributed by atoms with E-state index < -0.39 is 6.04 Å². The number of phenols is 1. The standard InChI is InChI=1S/C13H21N3O2/c1-9(2)15-8-16-13(18)12(14)7-10-3-5-11(17)6-4-10/h3-6,9,12,15,17H,7-8,14H2,1-2H3,(H,16,18)/t12-/m1/s1.